The van der Waals surface area contributed by atoms with E-state index in [1.807, 2.05) is 25.1 Å². The van der Waals surface area contributed by atoms with Gasteiger partial charge in [0, 0.05) is 11.3 Å². The van der Waals surface area contributed by atoms with Crippen molar-refractivity contribution in [3.05, 3.63) is 64.7 Å². The standard InChI is InChI=1S/C18H12N4O2S2/c1-12-7-14(16-5-4-13(10-19)17(11-20)21-16)9-15(8-12)22-26(23,24)18-3-2-6-25-18/h2-9,22H,1H3. The molecule has 2 heterocycles. The molecule has 1 aromatic carbocycles. The minimum atomic E-state index is -3.66. The van der Waals surface area contributed by atoms with Crippen LogP contribution in [0.5, 0.6) is 0 Å². The molecule has 26 heavy (non-hydrogen) atoms. The number of nitrogens with zero attached hydrogens (tertiary/aromatic N) is 3. The van der Waals surface area contributed by atoms with Crippen LogP contribution in [-0.4, -0.2) is 13.4 Å². The van der Waals surface area contributed by atoms with E-state index in [9.17, 15) is 8.42 Å². The number of aromatic nitrogens is 1. The fourth-order valence-corrected chi connectivity index (χ4v) is 4.44. The molecule has 3 rings (SSSR count). The van der Waals surface area contributed by atoms with Gasteiger partial charge in [-0.15, -0.1) is 11.3 Å². The predicted molar refractivity (Wildman–Crippen MR) is 99.0 cm³/mol. The van der Waals surface area contributed by atoms with Crippen LogP contribution in [0.15, 0.2) is 52.1 Å². The fourth-order valence-electron chi connectivity index (χ4n) is 2.41. The Bertz CT molecular complexity index is 1150. The van der Waals surface area contributed by atoms with Crippen LogP contribution in [0.2, 0.25) is 0 Å². The molecule has 0 amide bonds. The van der Waals surface area contributed by atoms with Gasteiger partial charge >= 0.3 is 0 Å². The average Bonchev–Trinajstić information content (AvgIpc) is 3.16. The van der Waals surface area contributed by atoms with Crippen LogP contribution < -0.4 is 4.72 Å². The van der Waals surface area contributed by atoms with Crippen LogP contribution in [0.25, 0.3) is 11.3 Å². The number of rotatable bonds is 4. The molecule has 0 aliphatic heterocycles. The Balaban J connectivity index is 2.02. The average molecular weight is 380 g/mol. The van der Waals surface area contributed by atoms with E-state index in [1.165, 1.54) is 12.1 Å². The third kappa shape index (κ3) is 3.57. The first-order chi connectivity index (χ1) is 12.4. The highest BCUT2D eigenvalue weighted by Gasteiger charge is 2.16. The zero-order valence-corrected chi connectivity index (χ0v) is 15.2. The Morgan fingerprint density at radius 2 is 1.92 bits per heavy atom. The van der Waals surface area contributed by atoms with Gasteiger partial charge in [0.1, 0.15) is 16.3 Å². The molecule has 6 nitrogen and oxygen atoms in total. The zero-order valence-electron chi connectivity index (χ0n) is 13.6. The minimum absolute atomic E-state index is 0.0345. The normalized spacial score (nSPS) is 10.7. The van der Waals surface area contributed by atoms with Gasteiger partial charge in [-0.1, -0.05) is 6.07 Å². The summed E-state index contributed by atoms with van der Waals surface area (Å²) in [7, 11) is -3.66. The number of nitrogens with one attached hydrogen (secondary N) is 1. The van der Waals surface area contributed by atoms with Crippen LogP contribution in [0.1, 0.15) is 16.8 Å². The van der Waals surface area contributed by atoms with Gasteiger partial charge < -0.3 is 0 Å². The van der Waals surface area contributed by atoms with E-state index in [4.69, 9.17) is 10.5 Å². The summed E-state index contributed by atoms with van der Waals surface area (Å²) in [5.41, 5.74) is 2.60. The molecule has 1 N–H and O–H groups in total. The summed E-state index contributed by atoms with van der Waals surface area (Å²) in [5, 5.41) is 19.8. The van der Waals surface area contributed by atoms with Crippen molar-refractivity contribution in [1.82, 2.24) is 4.98 Å². The molecule has 128 valence electrons. The quantitative estimate of drug-likeness (QED) is 0.743. The van der Waals surface area contributed by atoms with E-state index in [1.54, 1.807) is 29.6 Å². The number of hydrogen-bond donors (Lipinski definition) is 1. The molecular formula is C18H12N4O2S2. The first-order valence-electron chi connectivity index (χ1n) is 7.42. The van der Waals surface area contributed by atoms with Gasteiger partial charge in [-0.3, -0.25) is 4.72 Å². The molecule has 0 atom stereocenters. The first-order valence-corrected chi connectivity index (χ1v) is 9.79. The lowest BCUT2D eigenvalue weighted by molar-refractivity contribution is 0.603. The maximum absolute atomic E-state index is 12.4. The van der Waals surface area contributed by atoms with Gasteiger partial charge in [-0.25, -0.2) is 13.4 Å². The maximum Gasteiger partial charge on any atom is 0.271 e. The van der Waals surface area contributed by atoms with Crippen molar-refractivity contribution in [2.24, 2.45) is 0 Å². The van der Waals surface area contributed by atoms with Gasteiger partial charge in [0.2, 0.25) is 0 Å². The van der Waals surface area contributed by atoms with Gasteiger partial charge in [-0.2, -0.15) is 10.5 Å². The predicted octanol–water partition coefficient (Wildman–Crippen LogP) is 3.66. The molecule has 3 aromatic rings. The summed E-state index contributed by atoms with van der Waals surface area (Å²) >= 11 is 1.13. The number of benzene rings is 1. The lowest BCUT2D eigenvalue weighted by Crippen LogP contribution is -2.11. The summed E-state index contributed by atoms with van der Waals surface area (Å²) < 4.78 is 27.6. The lowest BCUT2D eigenvalue weighted by Gasteiger charge is -2.10. The minimum Gasteiger partial charge on any atom is -0.279 e. The first kappa shape index (κ1) is 17.6. The molecule has 2 aromatic heterocycles. The SMILES string of the molecule is Cc1cc(NS(=O)(=O)c2cccs2)cc(-c2ccc(C#N)c(C#N)n2)c1. The van der Waals surface area contributed by atoms with Crippen molar-refractivity contribution < 1.29 is 8.42 Å². The van der Waals surface area contributed by atoms with Crippen molar-refractivity contribution in [2.45, 2.75) is 11.1 Å². The van der Waals surface area contributed by atoms with Gasteiger partial charge in [-0.05, 0) is 54.3 Å². The molecule has 0 aliphatic rings. The van der Waals surface area contributed by atoms with E-state index in [0.29, 0.717) is 16.9 Å². The Morgan fingerprint density at radius 1 is 1.12 bits per heavy atom. The van der Waals surface area contributed by atoms with Crippen LogP contribution in [-0.2, 0) is 10.0 Å². The van der Waals surface area contributed by atoms with E-state index in [-0.39, 0.29) is 15.5 Å². The molecule has 0 radical (unpaired) electrons. The van der Waals surface area contributed by atoms with E-state index in [0.717, 1.165) is 16.9 Å². The molecule has 0 unspecified atom stereocenters. The summed E-state index contributed by atoms with van der Waals surface area (Å²) in [6.07, 6.45) is 0. The van der Waals surface area contributed by atoms with E-state index < -0.39 is 10.0 Å². The molecule has 0 bridgehead atoms. The topological polar surface area (TPSA) is 107 Å². The van der Waals surface area contributed by atoms with Crippen molar-refractivity contribution >= 4 is 27.0 Å². The van der Waals surface area contributed by atoms with Crippen LogP contribution in [0.4, 0.5) is 5.69 Å². The Kier molecular flexibility index (Phi) is 4.72. The smallest absolute Gasteiger partial charge is 0.271 e. The van der Waals surface area contributed by atoms with Crippen molar-refractivity contribution in [3.8, 4) is 23.4 Å². The number of sulfonamides is 1. The number of anilines is 1. The molecule has 0 saturated carbocycles. The third-order valence-electron chi connectivity index (χ3n) is 3.51. The molecular weight excluding hydrogens is 368 g/mol. The molecule has 0 saturated heterocycles. The molecule has 8 heteroatoms. The van der Waals surface area contributed by atoms with E-state index in [2.05, 4.69) is 9.71 Å². The largest absolute Gasteiger partial charge is 0.279 e. The van der Waals surface area contributed by atoms with Crippen LogP contribution in [0, 0.1) is 29.6 Å². The van der Waals surface area contributed by atoms with Crippen LogP contribution in [0.3, 0.4) is 0 Å². The summed E-state index contributed by atoms with van der Waals surface area (Å²) in [5.74, 6) is 0. The highest BCUT2D eigenvalue weighted by molar-refractivity contribution is 7.94. The maximum atomic E-state index is 12.4. The highest BCUT2D eigenvalue weighted by Crippen LogP contribution is 2.27. The fraction of sp³-hybridized carbons (Fsp3) is 0.0556. The van der Waals surface area contributed by atoms with E-state index >= 15 is 0 Å². The number of thiophene rings is 1. The Labute approximate surface area is 155 Å². The second-order valence-corrected chi connectivity index (χ2v) is 8.30. The van der Waals surface area contributed by atoms with Gasteiger partial charge in [0.15, 0.2) is 5.69 Å². The van der Waals surface area contributed by atoms with Crippen molar-refractivity contribution in [2.75, 3.05) is 4.72 Å². The number of pyridine rings is 1. The van der Waals surface area contributed by atoms with Gasteiger partial charge in [0.05, 0.1) is 11.3 Å². The molecule has 0 spiro atoms. The third-order valence-corrected chi connectivity index (χ3v) is 6.29. The summed E-state index contributed by atoms with van der Waals surface area (Å²) in [4.78, 5) is 4.20. The Morgan fingerprint density at radius 3 is 2.58 bits per heavy atom. The number of aryl methyl sites for hydroxylation is 1. The molecule has 0 fully saturated rings. The van der Waals surface area contributed by atoms with Gasteiger partial charge in [0.25, 0.3) is 10.0 Å². The monoisotopic (exact) mass is 380 g/mol. The van der Waals surface area contributed by atoms with Crippen molar-refractivity contribution in [1.29, 1.82) is 10.5 Å². The highest BCUT2D eigenvalue weighted by atomic mass is 32.2. The molecule has 0 aliphatic carbocycles. The zero-order chi connectivity index (χ0) is 18.7. The second kappa shape index (κ2) is 6.96. The van der Waals surface area contributed by atoms with Crippen LogP contribution >= 0.6 is 11.3 Å². The lowest BCUT2D eigenvalue weighted by atomic mass is 10.1. The number of nitriles is 2. The van der Waals surface area contributed by atoms with Crippen molar-refractivity contribution in [3.63, 3.8) is 0 Å². The number of hydrogen-bond acceptors (Lipinski definition) is 6. The second-order valence-electron chi connectivity index (χ2n) is 5.44. The summed E-state index contributed by atoms with van der Waals surface area (Å²) in [6, 6.07) is 15.4. The Hall–Kier alpha value is -3.20. The summed E-state index contributed by atoms with van der Waals surface area (Å²) in [6.45, 7) is 1.83.